The Morgan fingerprint density at radius 2 is 1.33 bits per heavy atom. The molecule has 3 aromatic rings. The summed E-state index contributed by atoms with van der Waals surface area (Å²) in [5.74, 6) is 0. The third-order valence-corrected chi connectivity index (χ3v) is 3.75. The van der Waals surface area contributed by atoms with Crippen LogP contribution in [0.4, 0.5) is 0 Å². The third-order valence-electron chi connectivity index (χ3n) is 3.75. The Hall–Kier alpha value is -2.41. The van der Waals surface area contributed by atoms with Crippen LogP contribution in [0.5, 0.6) is 0 Å². The van der Waals surface area contributed by atoms with Gasteiger partial charge in [-0.05, 0) is 35.6 Å². The van der Waals surface area contributed by atoms with Gasteiger partial charge in [-0.3, -0.25) is 4.98 Å². The summed E-state index contributed by atoms with van der Waals surface area (Å²) in [6.45, 7) is 4.22. The van der Waals surface area contributed by atoms with E-state index in [1.807, 2.05) is 6.07 Å². The highest BCUT2D eigenvalue weighted by molar-refractivity contribution is 5.86. The molecule has 0 bridgehead atoms. The Balaban J connectivity index is 2.33. The van der Waals surface area contributed by atoms with Gasteiger partial charge < -0.3 is 0 Å². The summed E-state index contributed by atoms with van der Waals surface area (Å²) < 4.78 is 0. The summed E-state index contributed by atoms with van der Waals surface area (Å²) >= 11 is 0. The molecule has 0 fully saturated rings. The van der Waals surface area contributed by atoms with Crippen molar-refractivity contribution in [3.8, 4) is 22.3 Å². The van der Waals surface area contributed by atoms with Crippen molar-refractivity contribution in [2.24, 2.45) is 0 Å². The number of rotatable bonds is 3. The van der Waals surface area contributed by atoms with Crippen LogP contribution >= 0.6 is 0 Å². The molecule has 0 spiro atoms. The standard InChI is InChI=1S/C20H18N/c1-3-16-14-21-15(2)19(17-10-6-4-7-11-17)20(16)18-12-8-5-9-13-18/h4-13H,3H2,1-2H3. The molecule has 0 saturated carbocycles. The van der Waals surface area contributed by atoms with Crippen molar-refractivity contribution >= 4 is 0 Å². The predicted octanol–water partition coefficient (Wildman–Crippen LogP) is 5.09. The number of aryl methyl sites for hydroxylation is 2. The summed E-state index contributed by atoms with van der Waals surface area (Å²) in [4.78, 5) is 4.49. The molecule has 2 aromatic carbocycles. The van der Waals surface area contributed by atoms with Gasteiger partial charge in [0.25, 0.3) is 0 Å². The molecule has 1 heteroatoms. The maximum atomic E-state index is 4.49. The van der Waals surface area contributed by atoms with E-state index in [1.54, 1.807) is 0 Å². The van der Waals surface area contributed by atoms with Crippen LogP contribution in [0.1, 0.15) is 18.2 Å². The molecular formula is C20H18N. The van der Waals surface area contributed by atoms with E-state index in [4.69, 9.17) is 0 Å². The number of benzene rings is 2. The highest BCUT2D eigenvalue weighted by atomic mass is 14.7. The van der Waals surface area contributed by atoms with Gasteiger partial charge in [0, 0.05) is 11.3 Å². The highest BCUT2D eigenvalue weighted by Crippen LogP contribution is 2.36. The Morgan fingerprint density at radius 3 is 1.86 bits per heavy atom. The van der Waals surface area contributed by atoms with Gasteiger partial charge in [0.1, 0.15) is 0 Å². The fourth-order valence-corrected chi connectivity index (χ4v) is 2.73. The normalized spacial score (nSPS) is 10.6. The molecule has 0 aliphatic carbocycles. The van der Waals surface area contributed by atoms with Crippen molar-refractivity contribution < 1.29 is 0 Å². The third kappa shape index (κ3) is 2.59. The molecule has 3 rings (SSSR count). The van der Waals surface area contributed by atoms with E-state index in [-0.39, 0.29) is 0 Å². The SMILES string of the molecule is CCc1[c]nc(C)c(-c2ccccc2)c1-c1ccccc1. The van der Waals surface area contributed by atoms with E-state index < -0.39 is 0 Å². The minimum atomic E-state index is 0.928. The van der Waals surface area contributed by atoms with Gasteiger partial charge in [0.15, 0.2) is 0 Å². The second-order valence-corrected chi connectivity index (χ2v) is 5.12. The molecule has 0 saturated heterocycles. The second-order valence-electron chi connectivity index (χ2n) is 5.12. The number of aromatic nitrogens is 1. The molecule has 1 aromatic heterocycles. The molecular weight excluding hydrogens is 254 g/mol. The van der Waals surface area contributed by atoms with Crippen LogP contribution in [0.3, 0.4) is 0 Å². The first-order valence-electron chi connectivity index (χ1n) is 7.33. The second kappa shape index (κ2) is 5.92. The first-order valence-corrected chi connectivity index (χ1v) is 7.33. The van der Waals surface area contributed by atoms with E-state index in [2.05, 4.69) is 79.6 Å². The van der Waals surface area contributed by atoms with E-state index in [0.29, 0.717) is 0 Å². The summed E-state index contributed by atoms with van der Waals surface area (Å²) in [6, 6.07) is 21.0. The maximum absolute atomic E-state index is 4.49. The molecule has 21 heavy (non-hydrogen) atoms. The van der Waals surface area contributed by atoms with Gasteiger partial charge in [0.05, 0.1) is 6.20 Å². The molecule has 0 aliphatic heterocycles. The van der Waals surface area contributed by atoms with Crippen molar-refractivity contribution in [1.29, 1.82) is 0 Å². The quantitative estimate of drug-likeness (QED) is 0.647. The summed E-state index contributed by atoms with van der Waals surface area (Å²) in [5.41, 5.74) is 7.12. The fourth-order valence-electron chi connectivity index (χ4n) is 2.73. The first kappa shape index (κ1) is 13.6. The number of hydrogen-bond donors (Lipinski definition) is 0. The molecule has 0 unspecified atom stereocenters. The van der Waals surface area contributed by atoms with Gasteiger partial charge >= 0.3 is 0 Å². The maximum Gasteiger partial charge on any atom is 0.0931 e. The average Bonchev–Trinajstić information content (AvgIpc) is 2.56. The molecule has 0 aliphatic rings. The number of nitrogens with zero attached hydrogens (tertiary/aromatic N) is 1. The number of hydrogen-bond acceptors (Lipinski definition) is 1. The van der Waals surface area contributed by atoms with E-state index in [9.17, 15) is 0 Å². The Kier molecular flexibility index (Phi) is 3.83. The molecule has 0 N–H and O–H groups in total. The van der Waals surface area contributed by atoms with E-state index in [0.717, 1.165) is 12.1 Å². The van der Waals surface area contributed by atoms with Gasteiger partial charge in [-0.1, -0.05) is 67.6 Å². The average molecular weight is 272 g/mol. The summed E-state index contributed by atoms with van der Waals surface area (Å²) in [5, 5.41) is 0. The zero-order valence-corrected chi connectivity index (χ0v) is 12.4. The lowest BCUT2D eigenvalue weighted by atomic mass is 9.90. The Labute approximate surface area is 126 Å². The molecule has 1 nitrogen and oxygen atoms in total. The van der Waals surface area contributed by atoms with Crippen molar-refractivity contribution in [3.05, 3.63) is 78.1 Å². The number of pyridine rings is 1. The van der Waals surface area contributed by atoms with Gasteiger partial charge in [0.2, 0.25) is 0 Å². The lowest BCUT2D eigenvalue weighted by molar-refractivity contribution is 1.07. The van der Waals surface area contributed by atoms with Crippen LogP contribution in [0.15, 0.2) is 60.7 Å². The van der Waals surface area contributed by atoms with E-state index in [1.165, 1.54) is 27.8 Å². The minimum Gasteiger partial charge on any atom is -0.250 e. The first-order chi connectivity index (χ1) is 10.3. The van der Waals surface area contributed by atoms with Crippen LogP contribution < -0.4 is 0 Å². The summed E-state index contributed by atoms with van der Waals surface area (Å²) in [6.07, 6.45) is 4.14. The minimum absolute atomic E-state index is 0.928. The van der Waals surface area contributed by atoms with E-state index >= 15 is 0 Å². The highest BCUT2D eigenvalue weighted by Gasteiger charge is 2.15. The Morgan fingerprint density at radius 1 is 0.810 bits per heavy atom. The molecule has 1 radical (unpaired) electrons. The lowest BCUT2D eigenvalue weighted by Gasteiger charge is -2.16. The van der Waals surface area contributed by atoms with Crippen LogP contribution in [0.2, 0.25) is 0 Å². The van der Waals surface area contributed by atoms with Crippen molar-refractivity contribution in [3.63, 3.8) is 0 Å². The van der Waals surface area contributed by atoms with Crippen molar-refractivity contribution in [2.75, 3.05) is 0 Å². The molecule has 103 valence electrons. The lowest BCUT2D eigenvalue weighted by Crippen LogP contribution is -1.98. The van der Waals surface area contributed by atoms with Crippen LogP contribution in [-0.2, 0) is 6.42 Å². The smallest absolute Gasteiger partial charge is 0.0931 e. The van der Waals surface area contributed by atoms with Gasteiger partial charge in [-0.25, -0.2) is 0 Å². The largest absolute Gasteiger partial charge is 0.250 e. The Bertz CT molecular complexity index is 731. The van der Waals surface area contributed by atoms with Gasteiger partial charge in [-0.2, -0.15) is 0 Å². The topological polar surface area (TPSA) is 12.9 Å². The van der Waals surface area contributed by atoms with Crippen molar-refractivity contribution in [1.82, 2.24) is 4.98 Å². The van der Waals surface area contributed by atoms with Crippen LogP contribution in [0, 0.1) is 13.1 Å². The molecule has 0 atom stereocenters. The van der Waals surface area contributed by atoms with Gasteiger partial charge in [-0.15, -0.1) is 0 Å². The van der Waals surface area contributed by atoms with Crippen molar-refractivity contribution in [2.45, 2.75) is 20.3 Å². The molecule has 0 amide bonds. The zero-order chi connectivity index (χ0) is 14.7. The fraction of sp³-hybridized carbons (Fsp3) is 0.150. The summed E-state index contributed by atoms with van der Waals surface area (Å²) in [7, 11) is 0. The van der Waals surface area contributed by atoms with Crippen LogP contribution in [0.25, 0.3) is 22.3 Å². The zero-order valence-electron chi connectivity index (χ0n) is 12.4. The predicted molar refractivity (Wildman–Crippen MR) is 88.1 cm³/mol. The molecule has 1 heterocycles. The van der Waals surface area contributed by atoms with Crippen LogP contribution in [-0.4, -0.2) is 4.98 Å². The monoisotopic (exact) mass is 272 g/mol.